The number of carbonyl (C=O) groups is 1. The van der Waals surface area contributed by atoms with Crippen molar-refractivity contribution in [2.24, 2.45) is 0 Å². The summed E-state index contributed by atoms with van der Waals surface area (Å²) >= 11 is 0. The monoisotopic (exact) mass is 313 g/mol. The first kappa shape index (κ1) is 15.0. The topological polar surface area (TPSA) is 55.6 Å². The number of anilines is 1. The van der Waals surface area contributed by atoms with Crippen molar-refractivity contribution in [2.45, 2.75) is 13.8 Å². The van der Waals surface area contributed by atoms with Crippen molar-refractivity contribution in [1.29, 1.82) is 0 Å². The van der Waals surface area contributed by atoms with Crippen LogP contribution in [-0.4, -0.2) is 21.9 Å². The number of nitrogens with one attached hydrogen (secondary N) is 1. The second-order valence-electron chi connectivity index (χ2n) is 5.01. The smallest absolute Gasteiger partial charge is 0.274 e. The third-order valence-electron chi connectivity index (χ3n) is 3.41. The van der Waals surface area contributed by atoms with Gasteiger partial charge in [0.25, 0.3) is 5.91 Å². The van der Waals surface area contributed by atoms with Gasteiger partial charge in [0, 0.05) is 11.9 Å². The number of amides is 1. The van der Waals surface area contributed by atoms with Crippen LogP contribution in [0.15, 0.2) is 42.6 Å². The van der Waals surface area contributed by atoms with Crippen LogP contribution >= 0.6 is 0 Å². The maximum absolute atomic E-state index is 12.9. The van der Waals surface area contributed by atoms with Gasteiger partial charge in [0.05, 0.1) is 12.3 Å². The van der Waals surface area contributed by atoms with Crippen LogP contribution in [0.25, 0.3) is 5.65 Å². The number of carbonyl (C=O) groups excluding carboxylic acids is 1. The number of ether oxygens (including phenoxy) is 1. The Kier molecular flexibility index (Phi) is 3.97. The summed E-state index contributed by atoms with van der Waals surface area (Å²) in [5, 5.41) is 2.75. The van der Waals surface area contributed by atoms with Gasteiger partial charge in [-0.15, -0.1) is 0 Å². The van der Waals surface area contributed by atoms with Gasteiger partial charge in [-0.05, 0) is 50.2 Å². The van der Waals surface area contributed by atoms with Gasteiger partial charge < -0.3 is 10.1 Å². The van der Waals surface area contributed by atoms with Gasteiger partial charge in [-0.25, -0.2) is 9.37 Å². The molecule has 0 spiro atoms. The Labute approximate surface area is 132 Å². The molecule has 0 aliphatic rings. The molecule has 2 heterocycles. The minimum absolute atomic E-state index is 0.310. The number of halogens is 1. The number of hydrogen-bond acceptors (Lipinski definition) is 3. The maximum Gasteiger partial charge on any atom is 0.274 e. The number of aromatic nitrogens is 2. The van der Waals surface area contributed by atoms with E-state index in [4.69, 9.17) is 4.74 Å². The van der Waals surface area contributed by atoms with Gasteiger partial charge in [-0.2, -0.15) is 0 Å². The first-order chi connectivity index (χ1) is 11.1. The van der Waals surface area contributed by atoms with Gasteiger partial charge in [0.15, 0.2) is 11.4 Å². The van der Waals surface area contributed by atoms with Crippen LogP contribution < -0.4 is 10.1 Å². The summed E-state index contributed by atoms with van der Waals surface area (Å²) in [4.78, 5) is 17.0. The molecule has 0 aliphatic carbocycles. The second-order valence-corrected chi connectivity index (χ2v) is 5.01. The number of benzene rings is 1. The zero-order chi connectivity index (χ0) is 16.4. The molecule has 1 aromatic carbocycles. The number of rotatable bonds is 4. The summed E-state index contributed by atoms with van der Waals surface area (Å²) in [5.74, 6) is -0.0375. The lowest BCUT2D eigenvalue weighted by molar-refractivity contribution is 0.102. The molecule has 118 valence electrons. The van der Waals surface area contributed by atoms with E-state index in [0.29, 0.717) is 35.1 Å². The lowest BCUT2D eigenvalue weighted by atomic mass is 10.2. The minimum Gasteiger partial charge on any atom is -0.490 e. The van der Waals surface area contributed by atoms with Crippen LogP contribution in [0.1, 0.15) is 23.1 Å². The number of fused-ring (bicyclic) bond motifs is 1. The first-order valence-electron chi connectivity index (χ1n) is 7.27. The Bertz CT molecular complexity index is 856. The van der Waals surface area contributed by atoms with Gasteiger partial charge in [0.2, 0.25) is 0 Å². The van der Waals surface area contributed by atoms with E-state index in [0.717, 1.165) is 0 Å². The summed E-state index contributed by atoms with van der Waals surface area (Å²) in [6.45, 7) is 4.17. The summed E-state index contributed by atoms with van der Waals surface area (Å²) < 4.78 is 20.2. The van der Waals surface area contributed by atoms with Gasteiger partial charge >= 0.3 is 0 Å². The summed E-state index contributed by atoms with van der Waals surface area (Å²) in [5.41, 5.74) is 2.13. The number of aryl methyl sites for hydroxylation is 1. The Hall–Kier alpha value is -2.89. The SMILES string of the molecule is CCOc1cccn2c(C(=O)Nc3ccc(F)cc3)c(C)nc12. The fourth-order valence-electron chi connectivity index (χ4n) is 2.42. The largest absolute Gasteiger partial charge is 0.490 e. The predicted octanol–water partition coefficient (Wildman–Crippen LogP) is 3.43. The Balaban J connectivity index is 1.98. The normalized spacial score (nSPS) is 10.7. The summed E-state index contributed by atoms with van der Waals surface area (Å²) in [6, 6.07) is 9.23. The molecule has 0 fully saturated rings. The molecule has 2 aromatic heterocycles. The Morgan fingerprint density at radius 2 is 2.04 bits per heavy atom. The highest BCUT2D eigenvalue weighted by atomic mass is 19.1. The number of pyridine rings is 1. The second kappa shape index (κ2) is 6.08. The van der Waals surface area contributed by atoms with Crippen molar-refractivity contribution < 1.29 is 13.9 Å². The molecule has 3 rings (SSSR count). The van der Waals surface area contributed by atoms with Crippen molar-refractivity contribution in [3.05, 3.63) is 59.8 Å². The number of hydrogen-bond donors (Lipinski definition) is 1. The molecule has 1 amide bonds. The molecule has 0 unspecified atom stereocenters. The summed E-state index contributed by atoms with van der Waals surface area (Å²) in [6.07, 6.45) is 1.76. The number of imidazole rings is 1. The molecule has 0 aliphatic heterocycles. The highest BCUT2D eigenvalue weighted by Crippen LogP contribution is 2.22. The lowest BCUT2D eigenvalue weighted by Gasteiger charge is -2.07. The van der Waals surface area contributed by atoms with E-state index < -0.39 is 0 Å². The molecule has 1 N–H and O–H groups in total. The van der Waals surface area contributed by atoms with Gasteiger partial charge in [-0.1, -0.05) is 0 Å². The van der Waals surface area contributed by atoms with E-state index in [1.807, 2.05) is 13.0 Å². The molecule has 0 bridgehead atoms. The van der Waals surface area contributed by atoms with E-state index in [-0.39, 0.29) is 11.7 Å². The van der Waals surface area contributed by atoms with Gasteiger partial charge in [0.1, 0.15) is 11.5 Å². The standard InChI is InChI=1S/C17H16FN3O2/c1-3-23-14-5-4-10-21-15(11(2)19-16(14)21)17(22)20-13-8-6-12(18)7-9-13/h4-10H,3H2,1-2H3,(H,20,22). The first-order valence-corrected chi connectivity index (χ1v) is 7.27. The highest BCUT2D eigenvalue weighted by Gasteiger charge is 2.18. The predicted molar refractivity (Wildman–Crippen MR) is 85.5 cm³/mol. The quantitative estimate of drug-likeness (QED) is 0.803. The Morgan fingerprint density at radius 1 is 1.30 bits per heavy atom. The molecule has 0 saturated carbocycles. The van der Waals surface area contributed by atoms with Crippen LogP contribution in [0.5, 0.6) is 5.75 Å². The maximum atomic E-state index is 12.9. The fraction of sp³-hybridized carbons (Fsp3) is 0.176. The number of nitrogens with zero attached hydrogens (tertiary/aromatic N) is 2. The highest BCUT2D eigenvalue weighted by molar-refractivity contribution is 6.04. The van der Waals surface area contributed by atoms with Crippen molar-refractivity contribution in [2.75, 3.05) is 11.9 Å². The van der Waals surface area contributed by atoms with Crippen LogP contribution in [-0.2, 0) is 0 Å². The molecule has 0 radical (unpaired) electrons. The third-order valence-corrected chi connectivity index (χ3v) is 3.41. The van der Waals surface area contributed by atoms with Crippen LogP contribution in [0, 0.1) is 12.7 Å². The molecule has 0 atom stereocenters. The molecule has 0 saturated heterocycles. The fourth-order valence-corrected chi connectivity index (χ4v) is 2.42. The van der Waals surface area contributed by atoms with E-state index in [1.165, 1.54) is 24.3 Å². The van der Waals surface area contributed by atoms with Crippen molar-refractivity contribution in [1.82, 2.24) is 9.38 Å². The van der Waals surface area contributed by atoms with Gasteiger partial charge in [-0.3, -0.25) is 9.20 Å². The van der Waals surface area contributed by atoms with Crippen LogP contribution in [0.3, 0.4) is 0 Å². The van der Waals surface area contributed by atoms with Crippen LogP contribution in [0.4, 0.5) is 10.1 Å². The average Bonchev–Trinajstić information content (AvgIpc) is 2.87. The van der Waals surface area contributed by atoms with E-state index in [9.17, 15) is 9.18 Å². The molecule has 5 nitrogen and oxygen atoms in total. The minimum atomic E-state index is -0.352. The van der Waals surface area contributed by atoms with Crippen molar-refractivity contribution in [3.8, 4) is 5.75 Å². The zero-order valence-electron chi connectivity index (χ0n) is 12.8. The molecule has 6 heteroatoms. The summed E-state index contributed by atoms with van der Waals surface area (Å²) in [7, 11) is 0. The van der Waals surface area contributed by atoms with Crippen LogP contribution in [0.2, 0.25) is 0 Å². The van der Waals surface area contributed by atoms with Crippen molar-refractivity contribution >= 4 is 17.2 Å². The lowest BCUT2D eigenvalue weighted by Crippen LogP contribution is -2.15. The molecule has 3 aromatic rings. The third kappa shape index (κ3) is 2.88. The molecule has 23 heavy (non-hydrogen) atoms. The average molecular weight is 313 g/mol. The Morgan fingerprint density at radius 3 is 2.74 bits per heavy atom. The zero-order valence-corrected chi connectivity index (χ0v) is 12.8. The van der Waals surface area contributed by atoms with Crippen molar-refractivity contribution in [3.63, 3.8) is 0 Å². The van der Waals surface area contributed by atoms with E-state index in [2.05, 4.69) is 10.3 Å². The van der Waals surface area contributed by atoms with E-state index >= 15 is 0 Å². The van der Waals surface area contributed by atoms with E-state index in [1.54, 1.807) is 23.6 Å². The molecular formula is C17H16FN3O2. The molecular weight excluding hydrogens is 297 g/mol.